The molecule has 0 atom stereocenters. The van der Waals surface area contributed by atoms with Crippen LogP contribution in [0.2, 0.25) is 0 Å². The lowest BCUT2D eigenvalue weighted by molar-refractivity contribution is 0.202. The van der Waals surface area contributed by atoms with E-state index in [0.717, 1.165) is 14.5 Å². The van der Waals surface area contributed by atoms with Crippen molar-refractivity contribution in [3.05, 3.63) is 51.9 Å². The van der Waals surface area contributed by atoms with Gasteiger partial charge in [0.15, 0.2) is 0 Å². The van der Waals surface area contributed by atoms with E-state index in [1.165, 1.54) is 6.33 Å². The zero-order valence-electron chi connectivity index (χ0n) is 12.9. The first-order chi connectivity index (χ1) is 12.1. The molecule has 2 N–H and O–H groups in total. The Hall–Kier alpha value is -2.26. The first-order valence-electron chi connectivity index (χ1n) is 7.23. The molecule has 0 saturated heterocycles. The molecule has 1 aromatic carbocycles. The van der Waals surface area contributed by atoms with Gasteiger partial charge in [0.25, 0.3) is 0 Å². The van der Waals surface area contributed by atoms with Crippen molar-refractivity contribution in [2.75, 3.05) is 18.9 Å². The van der Waals surface area contributed by atoms with E-state index in [1.807, 2.05) is 24.3 Å². The van der Waals surface area contributed by atoms with Gasteiger partial charge in [0.2, 0.25) is 5.88 Å². The fraction of sp³-hybridized carbons (Fsp3) is 0.125. The van der Waals surface area contributed by atoms with Crippen LogP contribution < -0.4 is 15.2 Å². The molecule has 0 amide bonds. The topological polar surface area (TPSA) is 96.0 Å². The molecule has 0 saturated carbocycles. The van der Waals surface area contributed by atoms with Crippen molar-refractivity contribution in [3.63, 3.8) is 0 Å². The molecule has 0 aliphatic rings. The van der Waals surface area contributed by atoms with E-state index < -0.39 is 0 Å². The molecule has 3 aromatic rings. The summed E-state index contributed by atoms with van der Waals surface area (Å²) in [6.07, 6.45) is 4.59. The second-order valence-electron chi connectivity index (χ2n) is 4.83. The number of nitrogen functional groups attached to an aromatic ring is 1. The Labute approximate surface area is 160 Å². The van der Waals surface area contributed by atoms with E-state index in [0.29, 0.717) is 17.3 Å². The van der Waals surface area contributed by atoms with Crippen LogP contribution in [0, 0.1) is 0 Å². The molecule has 7 nitrogen and oxygen atoms in total. The maximum Gasteiger partial charge on any atom is 0.316 e. The lowest BCUT2D eigenvalue weighted by Gasteiger charge is -2.12. The Morgan fingerprint density at radius 3 is 2.24 bits per heavy atom. The SMILES string of the molecule is Nc1ncnc(OCCOc2ncc(Br)cn2)c1-c1ccc(Br)cc1. The third-order valence-corrected chi connectivity index (χ3v) is 4.06. The van der Waals surface area contributed by atoms with Crippen LogP contribution in [-0.4, -0.2) is 33.1 Å². The van der Waals surface area contributed by atoms with Gasteiger partial charge < -0.3 is 15.2 Å². The Kier molecular flexibility index (Phi) is 5.77. The fourth-order valence-electron chi connectivity index (χ4n) is 2.03. The van der Waals surface area contributed by atoms with Crippen LogP contribution in [0.15, 0.2) is 51.9 Å². The largest absolute Gasteiger partial charge is 0.473 e. The maximum absolute atomic E-state index is 6.00. The Bertz CT molecular complexity index is 844. The highest BCUT2D eigenvalue weighted by atomic mass is 79.9. The molecule has 0 unspecified atom stereocenters. The molecule has 0 fully saturated rings. The average molecular weight is 467 g/mol. The number of benzene rings is 1. The van der Waals surface area contributed by atoms with Crippen molar-refractivity contribution in [3.8, 4) is 23.0 Å². The van der Waals surface area contributed by atoms with Crippen molar-refractivity contribution in [2.24, 2.45) is 0 Å². The van der Waals surface area contributed by atoms with E-state index in [1.54, 1.807) is 12.4 Å². The van der Waals surface area contributed by atoms with Crippen molar-refractivity contribution in [1.82, 2.24) is 19.9 Å². The summed E-state index contributed by atoms with van der Waals surface area (Å²) in [5.74, 6) is 0.750. The minimum absolute atomic E-state index is 0.263. The van der Waals surface area contributed by atoms with Gasteiger partial charge in [-0.25, -0.2) is 19.9 Å². The van der Waals surface area contributed by atoms with Gasteiger partial charge in [0.1, 0.15) is 25.4 Å². The number of aromatic nitrogens is 4. The highest BCUT2D eigenvalue weighted by molar-refractivity contribution is 9.10. The summed E-state index contributed by atoms with van der Waals surface area (Å²) in [6.45, 7) is 0.532. The minimum Gasteiger partial charge on any atom is -0.473 e. The third-order valence-electron chi connectivity index (χ3n) is 3.12. The summed E-state index contributed by atoms with van der Waals surface area (Å²) in [6, 6.07) is 7.94. The molecule has 0 aliphatic carbocycles. The van der Waals surface area contributed by atoms with Crippen molar-refractivity contribution >= 4 is 37.7 Å². The minimum atomic E-state index is 0.263. The molecule has 0 spiro atoms. The molecule has 2 heterocycles. The number of anilines is 1. The Morgan fingerprint density at radius 1 is 0.840 bits per heavy atom. The van der Waals surface area contributed by atoms with E-state index in [9.17, 15) is 0 Å². The molecule has 0 bridgehead atoms. The van der Waals surface area contributed by atoms with Crippen LogP contribution in [0.4, 0.5) is 5.82 Å². The number of halogens is 2. The van der Waals surface area contributed by atoms with Gasteiger partial charge in [0, 0.05) is 16.9 Å². The molecule has 3 rings (SSSR count). The summed E-state index contributed by atoms with van der Waals surface area (Å²) in [4.78, 5) is 16.3. The third kappa shape index (κ3) is 4.64. The summed E-state index contributed by atoms with van der Waals surface area (Å²) < 4.78 is 12.9. The number of nitrogens with zero attached hydrogens (tertiary/aromatic N) is 4. The maximum atomic E-state index is 6.00. The molecule has 25 heavy (non-hydrogen) atoms. The number of hydrogen-bond acceptors (Lipinski definition) is 7. The van der Waals surface area contributed by atoms with Crippen LogP contribution in [0.1, 0.15) is 0 Å². The van der Waals surface area contributed by atoms with Crippen LogP contribution in [-0.2, 0) is 0 Å². The van der Waals surface area contributed by atoms with Crippen LogP contribution >= 0.6 is 31.9 Å². The van der Waals surface area contributed by atoms with Gasteiger partial charge >= 0.3 is 6.01 Å². The summed E-state index contributed by atoms with van der Waals surface area (Å²) >= 11 is 6.67. The van der Waals surface area contributed by atoms with E-state index in [2.05, 4.69) is 51.8 Å². The van der Waals surface area contributed by atoms with Gasteiger partial charge in [-0.15, -0.1) is 0 Å². The van der Waals surface area contributed by atoms with Gasteiger partial charge in [0.05, 0.1) is 10.0 Å². The van der Waals surface area contributed by atoms with E-state index in [-0.39, 0.29) is 19.2 Å². The second-order valence-corrected chi connectivity index (χ2v) is 6.66. The molecule has 9 heteroatoms. The second kappa shape index (κ2) is 8.21. The van der Waals surface area contributed by atoms with E-state index >= 15 is 0 Å². The summed E-state index contributed by atoms with van der Waals surface area (Å²) in [7, 11) is 0. The molecule has 0 radical (unpaired) electrons. The van der Waals surface area contributed by atoms with Gasteiger partial charge in [-0.3, -0.25) is 0 Å². The number of nitrogens with two attached hydrogens (primary N) is 1. The Balaban J connectivity index is 1.67. The van der Waals surface area contributed by atoms with Gasteiger partial charge in [-0.2, -0.15) is 0 Å². The zero-order valence-corrected chi connectivity index (χ0v) is 16.1. The zero-order chi connectivity index (χ0) is 17.6. The predicted octanol–water partition coefficient (Wildman–Crippen LogP) is 3.50. The van der Waals surface area contributed by atoms with Crippen molar-refractivity contribution < 1.29 is 9.47 Å². The highest BCUT2D eigenvalue weighted by Gasteiger charge is 2.13. The molecule has 2 aromatic heterocycles. The van der Waals surface area contributed by atoms with Gasteiger partial charge in [-0.05, 0) is 33.6 Å². The fourth-order valence-corrected chi connectivity index (χ4v) is 2.49. The smallest absolute Gasteiger partial charge is 0.316 e. The number of rotatable bonds is 6. The lowest BCUT2D eigenvalue weighted by Crippen LogP contribution is -2.12. The Morgan fingerprint density at radius 2 is 1.52 bits per heavy atom. The molecule has 128 valence electrons. The van der Waals surface area contributed by atoms with Crippen LogP contribution in [0.25, 0.3) is 11.1 Å². The van der Waals surface area contributed by atoms with Crippen LogP contribution in [0.3, 0.4) is 0 Å². The predicted molar refractivity (Wildman–Crippen MR) is 100 cm³/mol. The molecular formula is C16H13Br2N5O2. The monoisotopic (exact) mass is 465 g/mol. The lowest BCUT2D eigenvalue weighted by atomic mass is 10.1. The van der Waals surface area contributed by atoms with Crippen LogP contribution in [0.5, 0.6) is 11.9 Å². The molecule has 0 aliphatic heterocycles. The quantitative estimate of drug-likeness (QED) is 0.555. The number of ether oxygens (including phenoxy) is 2. The van der Waals surface area contributed by atoms with Gasteiger partial charge in [-0.1, -0.05) is 28.1 Å². The standard InChI is InChI=1S/C16H13Br2N5O2/c17-11-3-1-10(2-4-11)13-14(19)22-9-23-15(13)24-5-6-25-16-20-7-12(18)8-21-16/h1-4,7-9H,5-6H2,(H2,19,22,23). The molecular weight excluding hydrogens is 454 g/mol. The number of hydrogen-bond donors (Lipinski definition) is 1. The van der Waals surface area contributed by atoms with Crippen molar-refractivity contribution in [1.29, 1.82) is 0 Å². The normalized spacial score (nSPS) is 10.5. The average Bonchev–Trinajstić information content (AvgIpc) is 2.61. The summed E-state index contributed by atoms with van der Waals surface area (Å²) in [5.41, 5.74) is 7.52. The first kappa shape index (κ1) is 17.6. The highest BCUT2D eigenvalue weighted by Crippen LogP contribution is 2.32. The van der Waals surface area contributed by atoms with Crippen molar-refractivity contribution in [2.45, 2.75) is 0 Å². The summed E-state index contributed by atoms with van der Waals surface area (Å²) in [5, 5.41) is 0. The first-order valence-corrected chi connectivity index (χ1v) is 8.81. The van der Waals surface area contributed by atoms with E-state index in [4.69, 9.17) is 15.2 Å².